The Bertz CT molecular complexity index is 1460. The second-order valence-electron chi connectivity index (χ2n) is 6.95. The maximum atomic E-state index is 5.67. The van der Waals surface area contributed by atoms with Crippen molar-refractivity contribution in [1.82, 2.24) is 9.55 Å². The fourth-order valence-corrected chi connectivity index (χ4v) is 4.02. The van der Waals surface area contributed by atoms with E-state index in [9.17, 15) is 0 Å². The maximum absolute atomic E-state index is 5.67. The molecule has 0 amide bonds. The van der Waals surface area contributed by atoms with Gasteiger partial charge in [-0.15, -0.1) is 0 Å². The summed E-state index contributed by atoms with van der Waals surface area (Å²) < 4.78 is 7.89. The molecule has 0 unspecified atom stereocenters. The van der Waals surface area contributed by atoms with E-state index in [2.05, 4.69) is 77.4 Å². The molecule has 0 N–H and O–H groups in total. The van der Waals surface area contributed by atoms with Crippen LogP contribution in [-0.2, 0) is 0 Å². The van der Waals surface area contributed by atoms with Crippen LogP contribution in [0.25, 0.3) is 49.7 Å². The Hall–Kier alpha value is -3.85. The first-order valence-corrected chi connectivity index (χ1v) is 9.31. The molecule has 0 radical (unpaired) electrons. The highest BCUT2D eigenvalue weighted by molar-refractivity contribution is 6.12. The minimum absolute atomic E-state index is 0.885. The van der Waals surface area contributed by atoms with Crippen LogP contribution in [-0.4, -0.2) is 9.55 Å². The lowest BCUT2D eigenvalue weighted by Crippen LogP contribution is -1.97. The van der Waals surface area contributed by atoms with Crippen molar-refractivity contribution in [3.8, 4) is 16.9 Å². The van der Waals surface area contributed by atoms with Crippen molar-refractivity contribution in [2.24, 2.45) is 0 Å². The lowest BCUT2D eigenvalue weighted by Gasteiger charge is -2.09. The molecule has 0 bridgehead atoms. The highest BCUT2D eigenvalue weighted by atomic mass is 16.3. The number of hydrogen-bond acceptors (Lipinski definition) is 2. The third-order valence-corrected chi connectivity index (χ3v) is 5.33. The molecule has 28 heavy (non-hydrogen) atoms. The minimum Gasteiger partial charge on any atom is -0.464 e. The summed E-state index contributed by atoms with van der Waals surface area (Å²) in [7, 11) is 0. The fourth-order valence-electron chi connectivity index (χ4n) is 4.02. The van der Waals surface area contributed by atoms with E-state index in [1.165, 1.54) is 16.3 Å². The summed E-state index contributed by atoms with van der Waals surface area (Å²) in [6.45, 7) is 0. The van der Waals surface area contributed by atoms with Crippen LogP contribution in [0.5, 0.6) is 0 Å². The zero-order valence-corrected chi connectivity index (χ0v) is 15.0. The number of aromatic nitrogens is 2. The lowest BCUT2D eigenvalue weighted by molar-refractivity contribution is 0.616. The van der Waals surface area contributed by atoms with Crippen molar-refractivity contribution >= 4 is 32.8 Å². The van der Waals surface area contributed by atoms with Gasteiger partial charge >= 0.3 is 0 Å². The molecule has 0 aliphatic carbocycles. The van der Waals surface area contributed by atoms with Gasteiger partial charge in [-0.25, -0.2) is 4.98 Å². The maximum Gasteiger partial charge on any atom is 0.138 e. The lowest BCUT2D eigenvalue weighted by atomic mass is 10.1. The molecule has 0 aliphatic heterocycles. The first-order chi connectivity index (χ1) is 13.9. The number of rotatable bonds is 2. The van der Waals surface area contributed by atoms with Gasteiger partial charge in [-0.1, -0.05) is 48.5 Å². The van der Waals surface area contributed by atoms with E-state index in [4.69, 9.17) is 9.40 Å². The van der Waals surface area contributed by atoms with Crippen molar-refractivity contribution in [3.05, 3.63) is 97.4 Å². The van der Waals surface area contributed by atoms with Crippen LogP contribution in [0.3, 0.4) is 0 Å². The van der Waals surface area contributed by atoms with E-state index >= 15 is 0 Å². The van der Waals surface area contributed by atoms with Crippen molar-refractivity contribution < 1.29 is 4.42 Å². The van der Waals surface area contributed by atoms with Crippen LogP contribution in [0.1, 0.15) is 0 Å². The smallest absolute Gasteiger partial charge is 0.138 e. The predicted molar refractivity (Wildman–Crippen MR) is 114 cm³/mol. The molecule has 3 aromatic heterocycles. The number of fused-ring (bicyclic) bond motifs is 4. The topological polar surface area (TPSA) is 31.0 Å². The summed E-state index contributed by atoms with van der Waals surface area (Å²) in [5, 5.41) is 3.53. The van der Waals surface area contributed by atoms with Crippen LogP contribution in [0, 0.1) is 0 Å². The standard InChI is InChI=1S/C25H16N2O/c1-2-6-17(7-3-1)18-10-12-26-25(15-18)27-22-9-5-4-8-20(22)21-14-19-11-13-28-24(19)16-23(21)27/h1-16H. The summed E-state index contributed by atoms with van der Waals surface area (Å²) in [4.78, 5) is 4.71. The van der Waals surface area contributed by atoms with Gasteiger partial charge in [0.05, 0.1) is 17.3 Å². The Morgan fingerprint density at radius 3 is 2.46 bits per heavy atom. The summed E-state index contributed by atoms with van der Waals surface area (Å²) in [6, 6.07) is 29.4. The Labute approximate surface area is 161 Å². The first-order valence-electron chi connectivity index (χ1n) is 9.31. The Kier molecular flexibility index (Phi) is 3.17. The number of hydrogen-bond donors (Lipinski definition) is 0. The summed E-state index contributed by atoms with van der Waals surface area (Å²) in [6.07, 6.45) is 3.62. The zero-order valence-electron chi connectivity index (χ0n) is 15.0. The molecule has 0 spiro atoms. The molecule has 0 aliphatic rings. The van der Waals surface area contributed by atoms with Gasteiger partial charge in [-0.2, -0.15) is 0 Å². The fraction of sp³-hybridized carbons (Fsp3) is 0. The molecule has 0 fully saturated rings. The van der Waals surface area contributed by atoms with Crippen LogP contribution in [0.4, 0.5) is 0 Å². The number of para-hydroxylation sites is 1. The van der Waals surface area contributed by atoms with E-state index in [-0.39, 0.29) is 0 Å². The van der Waals surface area contributed by atoms with Crippen molar-refractivity contribution in [1.29, 1.82) is 0 Å². The molecule has 3 nitrogen and oxygen atoms in total. The molecule has 3 heteroatoms. The SMILES string of the molecule is c1ccc(-c2ccnc(-n3c4ccccc4c4cc5ccoc5cc43)c2)cc1. The van der Waals surface area contributed by atoms with Gasteiger partial charge in [0.25, 0.3) is 0 Å². The molecule has 132 valence electrons. The summed E-state index contributed by atoms with van der Waals surface area (Å²) in [5.74, 6) is 0.901. The Balaban J connectivity index is 1.69. The monoisotopic (exact) mass is 360 g/mol. The van der Waals surface area contributed by atoms with E-state index in [0.717, 1.165) is 33.4 Å². The highest BCUT2D eigenvalue weighted by Crippen LogP contribution is 2.35. The van der Waals surface area contributed by atoms with Gasteiger partial charge in [-0.3, -0.25) is 4.57 Å². The molecule has 3 aromatic carbocycles. The predicted octanol–water partition coefficient (Wildman–Crippen LogP) is 6.59. The molecular formula is C25H16N2O. The minimum atomic E-state index is 0.885. The average Bonchev–Trinajstić information content (AvgIpc) is 3.34. The quantitative estimate of drug-likeness (QED) is 0.349. The van der Waals surface area contributed by atoms with E-state index < -0.39 is 0 Å². The largest absolute Gasteiger partial charge is 0.464 e. The second kappa shape index (κ2) is 5.83. The molecule has 0 saturated heterocycles. The third-order valence-electron chi connectivity index (χ3n) is 5.33. The van der Waals surface area contributed by atoms with Gasteiger partial charge in [0, 0.05) is 28.4 Å². The van der Waals surface area contributed by atoms with Crippen LogP contribution in [0.2, 0.25) is 0 Å². The number of pyridine rings is 1. The highest BCUT2D eigenvalue weighted by Gasteiger charge is 2.15. The molecule has 6 rings (SSSR count). The van der Waals surface area contributed by atoms with Crippen molar-refractivity contribution in [2.45, 2.75) is 0 Å². The Morgan fingerprint density at radius 2 is 1.54 bits per heavy atom. The van der Waals surface area contributed by atoms with Crippen LogP contribution < -0.4 is 0 Å². The number of nitrogens with zero attached hydrogens (tertiary/aromatic N) is 2. The normalized spacial score (nSPS) is 11.6. The van der Waals surface area contributed by atoms with Gasteiger partial charge in [-0.05, 0) is 41.5 Å². The molecule has 0 atom stereocenters. The van der Waals surface area contributed by atoms with Crippen molar-refractivity contribution in [2.75, 3.05) is 0 Å². The van der Waals surface area contributed by atoms with Crippen LogP contribution >= 0.6 is 0 Å². The Morgan fingerprint density at radius 1 is 0.679 bits per heavy atom. The van der Waals surface area contributed by atoms with Crippen molar-refractivity contribution in [3.63, 3.8) is 0 Å². The van der Waals surface area contributed by atoms with E-state index in [1.54, 1.807) is 6.26 Å². The van der Waals surface area contributed by atoms with Crippen LogP contribution in [0.15, 0.2) is 102 Å². The second-order valence-corrected chi connectivity index (χ2v) is 6.95. The molecule has 0 saturated carbocycles. The van der Waals surface area contributed by atoms with Gasteiger partial charge in [0.1, 0.15) is 11.4 Å². The summed E-state index contributed by atoms with van der Waals surface area (Å²) in [5.41, 5.74) is 5.45. The van der Waals surface area contributed by atoms with Gasteiger partial charge in [0.15, 0.2) is 0 Å². The summed E-state index contributed by atoms with van der Waals surface area (Å²) >= 11 is 0. The third kappa shape index (κ3) is 2.20. The molecule has 6 aromatic rings. The van der Waals surface area contributed by atoms with Gasteiger partial charge in [0.2, 0.25) is 0 Å². The van der Waals surface area contributed by atoms with Gasteiger partial charge < -0.3 is 4.42 Å². The number of furan rings is 1. The molecule has 3 heterocycles. The van der Waals surface area contributed by atoms with E-state index in [0.29, 0.717) is 0 Å². The molecular weight excluding hydrogens is 344 g/mol. The zero-order chi connectivity index (χ0) is 18.5. The first kappa shape index (κ1) is 15.2. The average molecular weight is 360 g/mol. The van der Waals surface area contributed by atoms with E-state index in [1.807, 2.05) is 18.3 Å². The number of benzene rings is 3.